The van der Waals surface area contributed by atoms with Crippen molar-refractivity contribution in [1.82, 2.24) is 9.80 Å². The van der Waals surface area contributed by atoms with E-state index in [4.69, 9.17) is 14.2 Å². The molecule has 3 heterocycles. The summed E-state index contributed by atoms with van der Waals surface area (Å²) in [6.07, 6.45) is 2.09. The van der Waals surface area contributed by atoms with Crippen LogP contribution in [0, 0.1) is 5.92 Å². The summed E-state index contributed by atoms with van der Waals surface area (Å²) in [7, 11) is 1.61. The monoisotopic (exact) mass is 466 g/mol. The highest BCUT2D eigenvalue weighted by molar-refractivity contribution is 5.79. The molecule has 1 amide bonds. The Balaban J connectivity index is 1.48. The van der Waals surface area contributed by atoms with Crippen LogP contribution < -0.4 is 14.2 Å². The zero-order valence-electron chi connectivity index (χ0n) is 19.3. The summed E-state index contributed by atoms with van der Waals surface area (Å²) in [5, 5.41) is 10.4. The van der Waals surface area contributed by atoms with Gasteiger partial charge >= 0.3 is 5.97 Å². The molecule has 3 aliphatic rings. The van der Waals surface area contributed by atoms with E-state index in [9.17, 15) is 14.7 Å². The van der Waals surface area contributed by atoms with Gasteiger partial charge in [-0.25, -0.2) is 0 Å². The molecule has 34 heavy (non-hydrogen) atoms. The lowest BCUT2D eigenvalue weighted by Crippen LogP contribution is -2.50. The van der Waals surface area contributed by atoms with Gasteiger partial charge < -0.3 is 24.2 Å². The molecule has 1 N–H and O–H groups in total. The van der Waals surface area contributed by atoms with Crippen LogP contribution in [0.1, 0.15) is 35.8 Å². The highest BCUT2D eigenvalue weighted by atomic mass is 16.7. The van der Waals surface area contributed by atoms with Crippen molar-refractivity contribution in [2.24, 2.45) is 5.92 Å². The van der Waals surface area contributed by atoms with Gasteiger partial charge in [-0.15, -0.1) is 0 Å². The van der Waals surface area contributed by atoms with Gasteiger partial charge in [0.05, 0.1) is 19.6 Å². The summed E-state index contributed by atoms with van der Waals surface area (Å²) in [5.74, 6) is 0.0650. The minimum atomic E-state index is -0.839. The molecule has 8 heteroatoms. The predicted octanol–water partition coefficient (Wildman–Crippen LogP) is 2.93. The number of hydrogen-bond donors (Lipinski definition) is 1. The molecule has 2 aromatic carbocycles. The van der Waals surface area contributed by atoms with Crippen LogP contribution in [0.4, 0.5) is 0 Å². The predicted molar refractivity (Wildman–Crippen MR) is 124 cm³/mol. The summed E-state index contributed by atoms with van der Waals surface area (Å²) >= 11 is 0. The smallest absolute Gasteiger partial charge is 0.307 e. The normalized spacial score (nSPS) is 24.3. The molecule has 180 valence electrons. The second-order valence-electron chi connectivity index (χ2n) is 9.24. The van der Waals surface area contributed by atoms with Crippen molar-refractivity contribution in [3.8, 4) is 17.2 Å². The minimum Gasteiger partial charge on any atom is -0.497 e. The molecule has 0 spiro atoms. The zero-order chi connectivity index (χ0) is 23.7. The first-order chi connectivity index (χ1) is 16.5. The first kappa shape index (κ1) is 22.5. The van der Waals surface area contributed by atoms with Crippen molar-refractivity contribution in [2.45, 2.75) is 24.7 Å². The topological polar surface area (TPSA) is 88.5 Å². The van der Waals surface area contributed by atoms with Gasteiger partial charge in [0, 0.05) is 38.0 Å². The summed E-state index contributed by atoms with van der Waals surface area (Å²) < 4.78 is 16.3. The number of carbonyl (C=O) groups excluding carboxylic acids is 1. The average Bonchev–Trinajstić information content (AvgIpc) is 3.55. The number of benzene rings is 2. The Morgan fingerprint density at radius 2 is 1.62 bits per heavy atom. The molecule has 0 saturated carbocycles. The van der Waals surface area contributed by atoms with Crippen molar-refractivity contribution in [3.63, 3.8) is 0 Å². The fraction of sp³-hybridized carbons (Fsp3) is 0.462. The van der Waals surface area contributed by atoms with E-state index >= 15 is 0 Å². The lowest BCUT2D eigenvalue weighted by Gasteiger charge is -2.42. The van der Waals surface area contributed by atoms with E-state index in [-0.39, 0.29) is 24.5 Å². The minimum absolute atomic E-state index is 0.115. The van der Waals surface area contributed by atoms with Gasteiger partial charge in [-0.2, -0.15) is 0 Å². The molecule has 2 saturated heterocycles. The number of piperidine rings is 1. The van der Waals surface area contributed by atoms with E-state index in [1.165, 1.54) is 0 Å². The Morgan fingerprint density at radius 1 is 0.971 bits per heavy atom. The van der Waals surface area contributed by atoms with Crippen molar-refractivity contribution in [2.75, 3.05) is 46.6 Å². The van der Waals surface area contributed by atoms with Gasteiger partial charge in [0.15, 0.2) is 11.5 Å². The summed E-state index contributed by atoms with van der Waals surface area (Å²) in [6.45, 7) is 3.05. The number of carboxylic acid groups (broad SMARTS) is 1. The second kappa shape index (κ2) is 9.54. The first-order valence-electron chi connectivity index (χ1n) is 11.8. The van der Waals surface area contributed by atoms with E-state index < -0.39 is 11.9 Å². The number of ether oxygens (including phenoxy) is 3. The Labute approximate surface area is 199 Å². The Hall–Kier alpha value is -3.26. The summed E-state index contributed by atoms with van der Waals surface area (Å²) in [5.41, 5.74) is 1.81. The van der Waals surface area contributed by atoms with E-state index in [1.807, 2.05) is 47.4 Å². The Bertz CT molecular complexity index is 1050. The molecule has 3 atom stereocenters. The number of rotatable bonds is 6. The Morgan fingerprint density at radius 3 is 2.29 bits per heavy atom. The fourth-order valence-corrected chi connectivity index (χ4v) is 5.49. The van der Waals surface area contributed by atoms with Crippen molar-refractivity contribution in [1.29, 1.82) is 0 Å². The lowest BCUT2D eigenvalue weighted by atomic mass is 9.71. The van der Waals surface area contributed by atoms with E-state index in [0.717, 1.165) is 42.8 Å². The molecule has 3 unspecified atom stereocenters. The third kappa shape index (κ3) is 4.42. The molecular formula is C26H30N2O6. The molecule has 0 radical (unpaired) electrons. The number of nitrogens with zero attached hydrogens (tertiary/aromatic N) is 2. The molecule has 2 aromatic rings. The van der Waals surface area contributed by atoms with Crippen LogP contribution in [0.15, 0.2) is 42.5 Å². The van der Waals surface area contributed by atoms with Gasteiger partial charge in [-0.3, -0.25) is 14.5 Å². The number of fused-ring (bicyclic) bond motifs is 1. The maximum Gasteiger partial charge on any atom is 0.307 e. The summed E-state index contributed by atoms with van der Waals surface area (Å²) in [6, 6.07) is 13.2. The molecule has 2 fully saturated rings. The number of methoxy groups -OCH3 is 1. The van der Waals surface area contributed by atoms with Crippen LogP contribution in [-0.2, 0) is 9.59 Å². The van der Waals surface area contributed by atoms with Crippen LogP contribution >= 0.6 is 0 Å². The zero-order valence-corrected chi connectivity index (χ0v) is 19.3. The maximum atomic E-state index is 13.0. The average molecular weight is 467 g/mol. The Kier molecular flexibility index (Phi) is 6.32. The van der Waals surface area contributed by atoms with E-state index in [0.29, 0.717) is 31.1 Å². The summed E-state index contributed by atoms with van der Waals surface area (Å²) in [4.78, 5) is 29.6. The number of amides is 1. The number of aliphatic carboxylic acids is 1. The van der Waals surface area contributed by atoms with Gasteiger partial charge in [0.1, 0.15) is 5.75 Å². The van der Waals surface area contributed by atoms with E-state index in [1.54, 1.807) is 7.11 Å². The number of hydrogen-bond acceptors (Lipinski definition) is 6. The largest absolute Gasteiger partial charge is 0.497 e. The standard InChI is InChI=1S/C26H30N2O6/c1-32-19-7-4-17(5-8-19)20-13-27(15-24(29)28-10-2-3-11-28)14-21(25(20)26(30)31)18-6-9-22-23(12-18)34-16-33-22/h4-9,12,20-21,25H,2-3,10-11,13-16H2,1H3,(H,30,31). The van der Waals surface area contributed by atoms with Crippen molar-refractivity contribution < 1.29 is 28.9 Å². The van der Waals surface area contributed by atoms with Gasteiger partial charge in [-0.05, 0) is 48.2 Å². The third-order valence-electron chi connectivity index (χ3n) is 7.25. The maximum absolute atomic E-state index is 13.0. The fourth-order valence-electron chi connectivity index (χ4n) is 5.49. The highest BCUT2D eigenvalue weighted by Crippen LogP contribution is 2.44. The van der Waals surface area contributed by atoms with Crippen LogP contribution in [-0.4, -0.2) is 73.4 Å². The molecule has 3 aliphatic heterocycles. The third-order valence-corrected chi connectivity index (χ3v) is 7.25. The van der Waals surface area contributed by atoms with Gasteiger partial charge in [0.25, 0.3) is 0 Å². The van der Waals surface area contributed by atoms with Gasteiger partial charge in [-0.1, -0.05) is 18.2 Å². The van der Waals surface area contributed by atoms with Gasteiger partial charge in [0.2, 0.25) is 12.7 Å². The van der Waals surface area contributed by atoms with Crippen LogP contribution in [0.25, 0.3) is 0 Å². The van der Waals surface area contributed by atoms with E-state index in [2.05, 4.69) is 4.90 Å². The number of likely N-dealkylation sites (tertiary alicyclic amines) is 2. The number of carboxylic acids is 1. The molecule has 0 bridgehead atoms. The lowest BCUT2D eigenvalue weighted by molar-refractivity contribution is -0.145. The molecular weight excluding hydrogens is 436 g/mol. The van der Waals surface area contributed by atoms with Crippen LogP contribution in [0.3, 0.4) is 0 Å². The quantitative estimate of drug-likeness (QED) is 0.700. The molecule has 0 aromatic heterocycles. The van der Waals surface area contributed by atoms with Crippen molar-refractivity contribution >= 4 is 11.9 Å². The van der Waals surface area contributed by atoms with Crippen molar-refractivity contribution in [3.05, 3.63) is 53.6 Å². The molecule has 8 nitrogen and oxygen atoms in total. The molecule has 5 rings (SSSR count). The number of carbonyl (C=O) groups is 2. The van der Waals surface area contributed by atoms with Crippen LogP contribution in [0.2, 0.25) is 0 Å². The van der Waals surface area contributed by atoms with Crippen LogP contribution in [0.5, 0.6) is 17.2 Å². The SMILES string of the molecule is COc1ccc(C2CN(CC(=O)N3CCCC3)CC(c3ccc4c(c3)OCO4)C2C(=O)O)cc1. The molecule has 0 aliphatic carbocycles. The first-order valence-corrected chi connectivity index (χ1v) is 11.8. The highest BCUT2D eigenvalue weighted by Gasteiger charge is 2.43. The second-order valence-corrected chi connectivity index (χ2v) is 9.24.